The van der Waals surface area contributed by atoms with Crippen molar-refractivity contribution in [2.45, 2.75) is 39.2 Å². The second kappa shape index (κ2) is 5.98. The minimum absolute atomic E-state index is 0.218. The molecule has 1 N–H and O–H groups in total. The molecule has 0 atom stereocenters. The van der Waals surface area contributed by atoms with E-state index in [1.807, 2.05) is 24.4 Å². The Morgan fingerprint density at radius 2 is 2.14 bits per heavy atom. The summed E-state index contributed by atoms with van der Waals surface area (Å²) < 4.78 is 15.9. The van der Waals surface area contributed by atoms with E-state index in [9.17, 15) is 4.39 Å². The summed E-state index contributed by atoms with van der Waals surface area (Å²) in [5.41, 5.74) is 2.57. The number of rotatable bonds is 6. The molecular weight excluding hydrogens is 265 g/mol. The molecule has 2 aromatic rings. The van der Waals surface area contributed by atoms with Crippen LogP contribution in [-0.4, -0.2) is 16.3 Å². The smallest absolute Gasteiger partial charge is 0.149 e. The largest absolute Gasteiger partial charge is 0.312 e. The van der Waals surface area contributed by atoms with Gasteiger partial charge >= 0.3 is 0 Å². The van der Waals surface area contributed by atoms with E-state index >= 15 is 0 Å². The van der Waals surface area contributed by atoms with Crippen LogP contribution >= 0.6 is 0 Å². The summed E-state index contributed by atoms with van der Waals surface area (Å²) in [5.74, 6) is 0.970. The minimum atomic E-state index is -0.218. The molecule has 3 nitrogen and oxygen atoms in total. The topological polar surface area (TPSA) is 29.9 Å². The van der Waals surface area contributed by atoms with Crippen LogP contribution in [0.1, 0.15) is 43.9 Å². The SMILES string of the molecule is CC(C)CNCc1ccc(-n2ccc(C3CC3)n2)c(F)c1. The van der Waals surface area contributed by atoms with E-state index in [0.717, 1.165) is 17.8 Å². The Balaban J connectivity index is 1.70. The van der Waals surface area contributed by atoms with E-state index < -0.39 is 0 Å². The molecule has 0 saturated heterocycles. The van der Waals surface area contributed by atoms with Gasteiger partial charge in [-0.05, 0) is 49.1 Å². The van der Waals surface area contributed by atoms with Crippen molar-refractivity contribution in [2.75, 3.05) is 6.54 Å². The number of benzene rings is 1. The zero-order valence-electron chi connectivity index (χ0n) is 12.6. The molecular formula is C17H22FN3. The van der Waals surface area contributed by atoms with Crippen LogP contribution in [0.3, 0.4) is 0 Å². The Hall–Kier alpha value is -1.68. The molecule has 0 radical (unpaired) electrons. The molecule has 1 aliphatic rings. The average Bonchev–Trinajstić information content (AvgIpc) is 3.17. The second-order valence-electron chi connectivity index (χ2n) is 6.27. The Bertz CT molecular complexity index is 614. The predicted octanol–water partition coefficient (Wildman–Crippen LogP) is 3.63. The number of nitrogens with zero attached hydrogens (tertiary/aromatic N) is 2. The maximum atomic E-state index is 14.3. The lowest BCUT2D eigenvalue weighted by atomic mass is 10.1. The molecule has 0 bridgehead atoms. The van der Waals surface area contributed by atoms with Gasteiger partial charge in [0, 0.05) is 18.7 Å². The Labute approximate surface area is 125 Å². The van der Waals surface area contributed by atoms with Crippen LogP contribution in [0.2, 0.25) is 0 Å². The van der Waals surface area contributed by atoms with E-state index in [2.05, 4.69) is 24.3 Å². The third-order valence-corrected chi connectivity index (χ3v) is 3.75. The van der Waals surface area contributed by atoms with Crippen LogP contribution in [0.4, 0.5) is 4.39 Å². The van der Waals surface area contributed by atoms with Crippen LogP contribution in [0.15, 0.2) is 30.5 Å². The molecule has 1 saturated carbocycles. The molecule has 21 heavy (non-hydrogen) atoms. The maximum absolute atomic E-state index is 14.3. The van der Waals surface area contributed by atoms with Crippen molar-refractivity contribution in [2.24, 2.45) is 5.92 Å². The van der Waals surface area contributed by atoms with Gasteiger partial charge in [-0.15, -0.1) is 0 Å². The van der Waals surface area contributed by atoms with Gasteiger partial charge in [0.1, 0.15) is 11.5 Å². The van der Waals surface area contributed by atoms with Gasteiger partial charge in [0.05, 0.1) is 5.69 Å². The monoisotopic (exact) mass is 287 g/mol. The van der Waals surface area contributed by atoms with Gasteiger partial charge in [0.25, 0.3) is 0 Å². The molecule has 3 rings (SSSR count). The van der Waals surface area contributed by atoms with Gasteiger partial charge in [0.15, 0.2) is 0 Å². The van der Waals surface area contributed by atoms with Crippen molar-refractivity contribution < 1.29 is 4.39 Å². The lowest BCUT2D eigenvalue weighted by Gasteiger charge is -2.09. The number of halogens is 1. The Morgan fingerprint density at radius 1 is 1.33 bits per heavy atom. The van der Waals surface area contributed by atoms with Gasteiger partial charge in [-0.25, -0.2) is 9.07 Å². The summed E-state index contributed by atoms with van der Waals surface area (Å²) in [6.07, 6.45) is 4.27. The Morgan fingerprint density at radius 3 is 2.81 bits per heavy atom. The molecule has 0 amide bonds. The zero-order chi connectivity index (χ0) is 14.8. The fraction of sp³-hybridized carbons (Fsp3) is 0.471. The second-order valence-corrected chi connectivity index (χ2v) is 6.27. The van der Waals surface area contributed by atoms with Crippen LogP contribution in [-0.2, 0) is 6.54 Å². The van der Waals surface area contributed by atoms with Crippen molar-refractivity contribution in [1.29, 1.82) is 0 Å². The van der Waals surface area contributed by atoms with Gasteiger partial charge in [0.2, 0.25) is 0 Å². The quantitative estimate of drug-likeness (QED) is 0.879. The van der Waals surface area contributed by atoms with Crippen molar-refractivity contribution >= 4 is 0 Å². The van der Waals surface area contributed by atoms with Crippen molar-refractivity contribution in [3.05, 3.63) is 47.5 Å². The number of hydrogen-bond donors (Lipinski definition) is 1. The van der Waals surface area contributed by atoms with Crippen molar-refractivity contribution in [1.82, 2.24) is 15.1 Å². The number of nitrogens with one attached hydrogen (secondary N) is 1. The van der Waals surface area contributed by atoms with E-state index in [-0.39, 0.29) is 5.82 Å². The summed E-state index contributed by atoms with van der Waals surface area (Å²) >= 11 is 0. The Kier molecular flexibility index (Phi) is 4.06. The molecule has 1 fully saturated rings. The number of hydrogen-bond acceptors (Lipinski definition) is 2. The highest BCUT2D eigenvalue weighted by Gasteiger charge is 2.26. The molecule has 1 aromatic heterocycles. The van der Waals surface area contributed by atoms with Gasteiger partial charge in [-0.3, -0.25) is 0 Å². The van der Waals surface area contributed by atoms with Gasteiger partial charge in [-0.1, -0.05) is 19.9 Å². The molecule has 0 aliphatic heterocycles. The van der Waals surface area contributed by atoms with E-state index in [4.69, 9.17) is 0 Å². The summed E-state index contributed by atoms with van der Waals surface area (Å²) in [6, 6.07) is 7.37. The first-order chi connectivity index (χ1) is 10.1. The normalized spacial score (nSPS) is 14.9. The predicted molar refractivity (Wildman–Crippen MR) is 82.0 cm³/mol. The highest BCUT2D eigenvalue weighted by molar-refractivity contribution is 5.36. The van der Waals surface area contributed by atoms with Crippen LogP contribution in [0.25, 0.3) is 5.69 Å². The summed E-state index contributed by atoms with van der Waals surface area (Å²) in [6.45, 7) is 5.95. The van der Waals surface area contributed by atoms with E-state index in [1.54, 1.807) is 10.7 Å². The maximum Gasteiger partial charge on any atom is 0.149 e. The molecule has 112 valence electrons. The first-order valence-corrected chi connectivity index (χ1v) is 7.68. The summed E-state index contributed by atoms with van der Waals surface area (Å²) in [4.78, 5) is 0. The fourth-order valence-corrected chi connectivity index (χ4v) is 2.42. The highest BCUT2D eigenvalue weighted by Crippen LogP contribution is 2.39. The van der Waals surface area contributed by atoms with Crippen molar-refractivity contribution in [3.63, 3.8) is 0 Å². The molecule has 0 unspecified atom stereocenters. The summed E-state index contributed by atoms with van der Waals surface area (Å²) in [5, 5.41) is 7.81. The van der Waals surface area contributed by atoms with Crippen molar-refractivity contribution in [3.8, 4) is 5.69 Å². The molecule has 1 aliphatic carbocycles. The standard InChI is InChI=1S/C17H22FN3/c1-12(2)10-19-11-13-3-6-17(15(18)9-13)21-8-7-16(20-21)14-4-5-14/h3,6-9,12,14,19H,4-5,10-11H2,1-2H3. The fourth-order valence-electron chi connectivity index (χ4n) is 2.42. The summed E-state index contributed by atoms with van der Waals surface area (Å²) in [7, 11) is 0. The third kappa shape index (κ3) is 3.50. The van der Waals surface area contributed by atoms with E-state index in [0.29, 0.717) is 24.1 Å². The van der Waals surface area contributed by atoms with Crippen LogP contribution in [0, 0.1) is 11.7 Å². The lowest BCUT2D eigenvalue weighted by molar-refractivity contribution is 0.549. The van der Waals surface area contributed by atoms with E-state index in [1.165, 1.54) is 12.8 Å². The molecule has 4 heteroatoms. The van der Waals surface area contributed by atoms with Crippen LogP contribution < -0.4 is 5.32 Å². The number of aromatic nitrogens is 2. The minimum Gasteiger partial charge on any atom is -0.312 e. The highest BCUT2D eigenvalue weighted by atomic mass is 19.1. The molecule has 0 spiro atoms. The molecule has 1 heterocycles. The van der Waals surface area contributed by atoms with Crippen LogP contribution in [0.5, 0.6) is 0 Å². The average molecular weight is 287 g/mol. The van der Waals surface area contributed by atoms with Gasteiger partial charge < -0.3 is 5.32 Å². The van der Waals surface area contributed by atoms with Gasteiger partial charge in [-0.2, -0.15) is 5.10 Å². The third-order valence-electron chi connectivity index (χ3n) is 3.75. The first-order valence-electron chi connectivity index (χ1n) is 7.68. The zero-order valence-corrected chi connectivity index (χ0v) is 12.6. The molecule has 1 aromatic carbocycles. The lowest BCUT2D eigenvalue weighted by Crippen LogP contribution is -2.19. The first kappa shape index (κ1) is 14.3.